The molecule has 0 heterocycles. The molecule has 0 spiro atoms. The standard InChI is InChI=1S/C26H20O.Ti/c27-26(20-10-2-1-3-11-20)25-22-13-7-5-9-19(22)15-17-24(25)23-16-14-18-8-4-6-12-21(18)23;/h1-17,23,26-27H;. The van der Waals surface area contributed by atoms with Gasteiger partial charge in [-0.05, 0) is 38.6 Å². The van der Waals surface area contributed by atoms with Crippen LogP contribution in [0.3, 0.4) is 0 Å². The zero-order valence-electron chi connectivity index (χ0n) is 15.4. The second kappa shape index (κ2) is 7.89. The molecule has 1 nitrogen and oxygen atoms in total. The number of hydrogen-bond acceptors (Lipinski definition) is 1. The largest absolute Gasteiger partial charge is 0.384 e. The van der Waals surface area contributed by atoms with Crippen molar-refractivity contribution in [2.24, 2.45) is 0 Å². The second-order valence-corrected chi connectivity index (χ2v) is 7.07. The van der Waals surface area contributed by atoms with Gasteiger partial charge in [0.1, 0.15) is 6.10 Å². The van der Waals surface area contributed by atoms with Crippen LogP contribution in [-0.2, 0) is 21.7 Å². The van der Waals surface area contributed by atoms with Crippen LogP contribution in [0.2, 0.25) is 0 Å². The van der Waals surface area contributed by atoms with E-state index in [0.29, 0.717) is 0 Å². The minimum absolute atomic E-state index is 0. The molecule has 2 heteroatoms. The zero-order chi connectivity index (χ0) is 18.2. The van der Waals surface area contributed by atoms with Crippen LogP contribution in [0.1, 0.15) is 39.8 Å². The average Bonchev–Trinajstić information content (AvgIpc) is 3.17. The van der Waals surface area contributed by atoms with Crippen LogP contribution in [0.15, 0.2) is 97.1 Å². The molecule has 1 N–H and O–H groups in total. The first-order valence-electron chi connectivity index (χ1n) is 9.34. The van der Waals surface area contributed by atoms with Crippen molar-refractivity contribution >= 4 is 16.8 Å². The van der Waals surface area contributed by atoms with E-state index in [1.54, 1.807) is 0 Å². The van der Waals surface area contributed by atoms with Crippen LogP contribution in [0.4, 0.5) is 0 Å². The number of benzene rings is 4. The van der Waals surface area contributed by atoms with Crippen molar-refractivity contribution < 1.29 is 26.8 Å². The van der Waals surface area contributed by atoms with Crippen molar-refractivity contribution in [2.75, 3.05) is 0 Å². The van der Waals surface area contributed by atoms with Crippen molar-refractivity contribution in [1.82, 2.24) is 0 Å². The molecule has 0 saturated heterocycles. The summed E-state index contributed by atoms with van der Waals surface area (Å²) in [5.74, 6) is 0.166. The molecule has 2 unspecified atom stereocenters. The normalized spacial score (nSPS) is 15.8. The summed E-state index contributed by atoms with van der Waals surface area (Å²) >= 11 is 0. The number of aliphatic hydroxyl groups excluding tert-OH is 1. The molecule has 0 radical (unpaired) electrons. The van der Waals surface area contributed by atoms with Gasteiger partial charge in [-0.25, -0.2) is 0 Å². The molecule has 5 rings (SSSR count). The first-order chi connectivity index (χ1) is 13.3. The molecule has 28 heavy (non-hydrogen) atoms. The zero-order valence-corrected chi connectivity index (χ0v) is 17.0. The third-order valence-electron chi connectivity index (χ3n) is 5.53. The van der Waals surface area contributed by atoms with Crippen LogP contribution in [-0.4, -0.2) is 5.11 Å². The Morgan fingerprint density at radius 2 is 1.39 bits per heavy atom. The van der Waals surface area contributed by atoms with Crippen molar-refractivity contribution in [3.05, 3.63) is 125 Å². The van der Waals surface area contributed by atoms with E-state index < -0.39 is 6.10 Å². The van der Waals surface area contributed by atoms with Gasteiger partial charge in [-0.15, -0.1) is 0 Å². The van der Waals surface area contributed by atoms with Crippen LogP contribution in [0.25, 0.3) is 16.8 Å². The topological polar surface area (TPSA) is 20.2 Å². The summed E-state index contributed by atoms with van der Waals surface area (Å²) in [6.07, 6.45) is 3.78. The summed E-state index contributed by atoms with van der Waals surface area (Å²) < 4.78 is 0. The SMILES string of the molecule is OC(c1ccccc1)c1c(C2C=Cc3ccccc32)ccc2ccccc12.[Ti]. The Labute approximate surface area is 180 Å². The minimum Gasteiger partial charge on any atom is -0.384 e. The van der Waals surface area contributed by atoms with Crippen LogP contribution >= 0.6 is 0 Å². The van der Waals surface area contributed by atoms with Gasteiger partial charge in [0.25, 0.3) is 0 Å². The molecule has 0 bridgehead atoms. The van der Waals surface area contributed by atoms with Gasteiger partial charge < -0.3 is 5.11 Å². The first kappa shape index (κ1) is 18.9. The quantitative estimate of drug-likeness (QED) is 0.416. The Hall–Kier alpha value is -2.45. The molecule has 0 aliphatic heterocycles. The molecule has 0 saturated carbocycles. The Balaban J connectivity index is 0.00000192. The van der Waals surface area contributed by atoms with Gasteiger partial charge in [-0.1, -0.05) is 103 Å². The second-order valence-electron chi connectivity index (χ2n) is 7.07. The van der Waals surface area contributed by atoms with Crippen molar-refractivity contribution in [3.63, 3.8) is 0 Å². The van der Waals surface area contributed by atoms with Gasteiger partial charge in [0.15, 0.2) is 0 Å². The fourth-order valence-corrected chi connectivity index (χ4v) is 4.21. The molecule has 134 valence electrons. The van der Waals surface area contributed by atoms with Gasteiger partial charge in [0.2, 0.25) is 0 Å². The average molecular weight is 396 g/mol. The number of rotatable bonds is 3. The fraction of sp³-hybridized carbons (Fsp3) is 0.0769. The van der Waals surface area contributed by atoms with Crippen LogP contribution < -0.4 is 0 Å². The maximum atomic E-state index is 11.4. The molecule has 4 aromatic rings. The summed E-state index contributed by atoms with van der Waals surface area (Å²) in [4.78, 5) is 0. The smallest absolute Gasteiger partial charge is 0.105 e. The summed E-state index contributed by atoms with van der Waals surface area (Å²) in [6.45, 7) is 0. The van der Waals surface area contributed by atoms with E-state index >= 15 is 0 Å². The number of hydrogen-bond donors (Lipinski definition) is 1. The van der Waals surface area contributed by atoms with Gasteiger partial charge in [-0.3, -0.25) is 0 Å². The van der Waals surface area contributed by atoms with Gasteiger partial charge in [-0.2, -0.15) is 0 Å². The molecule has 1 aliphatic carbocycles. The maximum Gasteiger partial charge on any atom is 0.105 e. The summed E-state index contributed by atoms with van der Waals surface area (Å²) in [6, 6.07) is 31.1. The maximum absolute atomic E-state index is 11.4. The van der Waals surface area contributed by atoms with E-state index in [1.165, 1.54) is 16.7 Å². The van der Waals surface area contributed by atoms with Crippen molar-refractivity contribution in [2.45, 2.75) is 12.0 Å². The number of allylic oxidation sites excluding steroid dienone is 1. The van der Waals surface area contributed by atoms with E-state index in [2.05, 4.69) is 60.7 Å². The van der Waals surface area contributed by atoms with Crippen molar-refractivity contribution in [3.8, 4) is 0 Å². The van der Waals surface area contributed by atoms with Crippen LogP contribution in [0.5, 0.6) is 0 Å². The monoisotopic (exact) mass is 396 g/mol. The Morgan fingerprint density at radius 1 is 0.679 bits per heavy atom. The summed E-state index contributed by atoms with van der Waals surface area (Å²) in [7, 11) is 0. The Morgan fingerprint density at radius 3 is 2.25 bits per heavy atom. The molecule has 0 fully saturated rings. The Bertz CT molecular complexity index is 1150. The van der Waals surface area contributed by atoms with E-state index in [-0.39, 0.29) is 27.6 Å². The molecule has 1 aliphatic rings. The predicted molar refractivity (Wildman–Crippen MR) is 112 cm³/mol. The fourth-order valence-electron chi connectivity index (χ4n) is 4.21. The molecular formula is C26H20OTi. The molecule has 2 atom stereocenters. The first-order valence-corrected chi connectivity index (χ1v) is 9.34. The third-order valence-corrected chi connectivity index (χ3v) is 5.53. The Kier molecular flexibility index (Phi) is 5.32. The minimum atomic E-state index is -0.659. The molecule has 0 aromatic heterocycles. The van der Waals surface area contributed by atoms with Crippen LogP contribution in [0, 0.1) is 0 Å². The summed E-state index contributed by atoms with van der Waals surface area (Å²) in [5, 5.41) is 13.6. The number of fused-ring (bicyclic) bond motifs is 2. The predicted octanol–water partition coefficient (Wildman–Crippen LogP) is 6.08. The van der Waals surface area contributed by atoms with E-state index in [4.69, 9.17) is 0 Å². The van der Waals surface area contributed by atoms with E-state index in [1.807, 2.05) is 42.5 Å². The summed E-state index contributed by atoms with van der Waals surface area (Å²) in [5.41, 5.74) is 5.66. The van der Waals surface area contributed by atoms with E-state index in [9.17, 15) is 5.11 Å². The van der Waals surface area contributed by atoms with E-state index in [0.717, 1.165) is 21.9 Å². The molecular weight excluding hydrogens is 376 g/mol. The molecule has 0 amide bonds. The van der Waals surface area contributed by atoms with Gasteiger partial charge in [0.05, 0.1) is 0 Å². The third kappa shape index (κ3) is 3.16. The number of aliphatic hydroxyl groups is 1. The molecule has 4 aromatic carbocycles. The van der Waals surface area contributed by atoms with Crippen molar-refractivity contribution in [1.29, 1.82) is 0 Å². The van der Waals surface area contributed by atoms with Gasteiger partial charge in [0, 0.05) is 27.6 Å². The van der Waals surface area contributed by atoms with Gasteiger partial charge >= 0.3 is 0 Å².